The Morgan fingerprint density at radius 3 is 2.12 bits per heavy atom. The number of carbonyl (C=O) groups excluding carboxylic acids is 2. The number of phenolic OH excluding ortho intramolecular Hbond substituents is 1. The molecular weight excluding hydrogens is 524 g/mol. The lowest BCUT2D eigenvalue weighted by atomic mass is 9.76. The Bertz CT molecular complexity index is 1350. The van der Waals surface area contributed by atoms with Gasteiger partial charge in [-0.15, -0.1) is 0 Å². The predicted molar refractivity (Wildman–Crippen MR) is 164 cm³/mol. The van der Waals surface area contributed by atoms with E-state index >= 15 is 0 Å². The number of nitrogens with one attached hydrogen (secondary N) is 2. The highest BCUT2D eigenvalue weighted by molar-refractivity contribution is 6.34. The van der Waals surface area contributed by atoms with Crippen LogP contribution >= 0.6 is 11.6 Å². The van der Waals surface area contributed by atoms with Crippen molar-refractivity contribution in [1.29, 1.82) is 0 Å². The highest BCUT2D eigenvalue weighted by Gasteiger charge is 2.29. The largest absolute Gasteiger partial charge is 0.506 e. The summed E-state index contributed by atoms with van der Waals surface area (Å²) in [5.41, 5.74) is 2.97. The second kappa shape index (κ2) is 12.8. The summed E-state index contributed by atoms with van der Waals surface area (Å²) in [5.74, 6) is -0.328. The molecule has 0 aliphatic heterocycles. The van der Waals surface area contributed by atoms with E-state index in [2.05, 4.69) is 64.3 Å². The summed E-state index contributed by atoms with van der Waals surface area (Å²) in [5, 5.41) is 16.2. The lowest BCUT2D eigenvalue weighted by Gasteiger charge is -2.31. The molecule has 0 aliphatic rings. The molecule has 214 valence electrons. The predicted octanol–water partition coefficient (Wildman–Crippen LogP) is 8.47. The highest BCUT2D eigenvalue weighted by Crippen LogP contribution is 2.39. The molecule has 1 atom stereocenters. The fraction of sp³-hybridized carbons (Fsp3) is 0.394. The number of phenols is 1. The van der Waals surface area contributed by atoms with Crippen molar-refractivity contribution in [1.82, 2.24) is 0 Å². The molecule has 1 unspecified atom stereocenters. The van der Waals surface area contributed by atoms with E-state index in [0.717, 1.165) is 18.4 Å². The van der Waals surface area contributed by atoms with Gasteiger partial charge in [-0.3, -0.25) is 9.59 Å². The molecule has 0 fully saturated rings. The number of anilines is 2. The summed E-state index contributed by atoms with van der Waals surface area (Å²) in [4.78, 5) is 25.8. The summed E-state index contributed by atoms with van der Waals surface area (Å²) in [6, 6.07) is 17.7. The molecule has 0 bridgehead atoms. The molecule has 3 rings (SSSR count). The molecule has 3 aromatic carbocycles. The minimum absolute atomic E-state index is 0.0160. The van der Waals surface area contributed by atoms with Gasteiger partial charge in [0, 0.05) is 17.2 Å². The van der Waals surface area contributed by atoms with Gasteiger partial charge in [0.05, 0.1) is 16.4 Å². The maximum absolute atomic E-state index is 13.3. The second-order valence-electron chi connectivity index (χ2n) is 11.4. The van der Waals surface area contributed by atoms with E-state index in [1.807, 2.05) is 19.1 Å². The van der Waals surface area contributed by atoms with Crippen molar-refractivity contribution >= 4 is 34.8 Å². The van der Waals surface area contributed by atoms with Crippen LogP contribution in [0.3, 0.4) is 0 Å². The molecule has 0 spiro atoms. The average Bonchev–Trinajstić information content (AvgIpc) is 2.94. The smallest absolute Gasteiger partial charge is 0.265 e. The maximum atomic E-state index is 13.3. The summed E-state index contributed by atoms with van der Waals surface area (Å²) >= 11 is 6.40. The first kappa shape index (κ1) is 31.0. The van der Waals surface area contributed by atoms with Gasteiger partial charge < -0.3 is 20.5 Å². The molecule has 0 heterocycles. The molecule has 6 nitrogen and oxygen atoms in total. The van der Waals surface area contributed by atoms with E-state index in [4.69, 9.17) is 16.3 Å². The zero-order valence-corrected chi connectivity index (χ0v) is 25.3. The first-order chi connectivity index (χ1) is 18.8. The molecule has 0 saturated carbocycles. The van der Waals surface area contributed by atoms with E-state index in [1.165, 1.54) is 17.7 Å². The van der Waals surface area contributed by atoms with E-state index in [9.17, 15) is 14.7 Å². The van der Waals surface area contributed by atoms with Gasteiger partial charge in [-0.25, -0.2) is 0 Å². The Kier molecular flexibility index (Phi) is 9.91. The second-order valence-corrected chi connectivity index (χ2v) is 11.8. The third kappa shape index (κ3) is 7.16. The third-order valence-electron chi connectivity index (χ3n) is 7.82. The molecule has 0 saturated heterocycles. The van der Waals surface area contributed by atoms with E-state index < -0.39 is 12.0 Å². The Labute approximate surface area is 243 Å². The van der Waals surface area contributed by atoms with Gasteiger partial charge in [0.15, 0.2) is 6.10 Å². The van der Waals surface area contributed by atoms with Crippen LogP contribution < -0.4 is 15.4 Å². The zero-order chi connectivity index (χ0) is 29.7. The number of halogens is 1. The van der Waals surface area contributed by atoms with Crippen molar-refractivity contribution in [3.05, 3.63) is 82.4 Å². The molecule has 3 aromatic rings. The van der Waals surface area contributed by atoms with Gasteiger partial charge in [-0.05, 0) is 59.9 Å². The van der Waals surface area contributed by atoms with E-state index in [-0.39, 0.29) is 38.9 Å². The molecule has 2 amide bonds. The summed E-state index contributed by atoms with van der Waals surface area (Å²) in [6.45, 7) is 15.0. The fourth-order valence-corrected chi connectivity index (χ4v) is 4.42. The van der Waals surface area contributed by atoms with Crippen LogP contribution in [0.1, 0.15) is 89.2 Å². The van der Waals surface area contributed by atoms with Gasteiger partial charge in [-0.1, -0.05) is 90.4 Å². The Morgan fingerprint density at radius 1 is 0.875 bits per heavy atom. The molecule has 0 radical (unpaired) electrons. The Balaban J connectivity index is 1.82. The number of amides is 2. The van der Waals surface area contributed by atoms with Crippen LogP contribution in [-0.4, -0.2) is 23.0 Å². The molecule has 0 aliphatic carbocycles. The minimum Gasteiger partial charge on any atom is -0.506 e. The van der Waals surface area contributed by atoms with E-state index in [1.54, 1.807) is 24.3 Å². The van der Waals surface area contributed by atoms with Crippen LogP contribution in [0, 0.1) is 0 Å². The number of hydrogen-bond acceptors (Lipinski definition) is 4. The van der Waals surface area contributed by atoms with Gasteiger partial charge in [-0.2, -0.15) is 0 Å². The maximum Gasteiger partial charge on any atom is 0.265 e. The van der Waals surface area contributed by atoms with Crippen molar-refractivity contribution in [3.8, 4) is 11.5 Å². The number of aromatic hydroxyl groups is 1. The van der Waals surface area contributed by atoms with Crippen LogP contribution in [0.25, 0.3) is 0 Å². The number of benzene rings is 3. The lowest BCUT2D eigenvalue weighted by molar-refractivity contribution is -0.122. The van der Waals surface area contributed by atoms with Crippen molar-refractivity contribution in [3.63, 3.8) is 0 Å². The topological polar surface area (TPSA) is 87.7 Å². The molecule has 40 heavy (non-hydrogen) atoms. The van der Waals surface area contributed by atoms with Crippen LogP contribution in [0.5, 0.6) is 11.5 Å². The third-order valence-corrected chi connectivity index (χ3v) is 8.13. The average molecular weight is 565 g/mol. The monoisotopic (exact) mass is 564 g/mol. The minimum atomic E-state index is -0.799. The number of rotatable bonds is 11. The first-order valence-electron chi connectivity index (χ1n) is 13.8. The molecule has 0 aromatic heterocycles. The van der Waals surface area contributed by atoms with Crippen molar-refractivity contribution in [2.45, 2.75) is 84.7 Å². The summed E-state index contributed by atoms with van der Waals surface area (Å²) in [6.07, 6.45) is 1.52. The van der Waals surface area contributed by atoms with Gasteiger partial charge >= 0.3 is 0 Å². The number of hydrogen-bond donors (Lipinski definition) is 3. The lowest BCUT2D eigenvalue weighted by Crippen LogP contribution is -2.33. The zero-order valence-electron chi connectivity index (χ0n) is 24.5. The first-order valence-corrected chi connectivity index (χ1v) is 14.2. The quantitative estimate of drug-likeness (QED) is 0.204. The standard InChI is InChI=1S/C33H41ClN2O4/c1-8-28(40-29-17-16-22(32(4,5)9-2)18-23(29)33(6,7)10-3)31(39)36-26-19-24(34)25(20-27(26)37)35-30(38)21-14-12-11-13-15-21/h11-20,28,37H,8-10H2,1-7H3,(H,35,38)(H,36,39). The number of carbonyl (C=O) groups is 2. The summed E-state index contributed by atoms with van der Waals surface area (Å²) in [7, 11) is 0. The molecular formula is C33H41ClN2O4. The molecule has 7 heteroatoms. The summed E-state index contributed by atoms with van der Waals surface area (Å²) < 4.78 is 6.33. The van der Waals surface area contributed by atoms with Crippen LogP contribution in [0.2, 0.25) is 5.02 Å². The number of ether oxygens (including phenoxy) is 1. The van der Waals surface area contributed by atoms with E-state index in [0.29, 0.717) is 17.7 Å². The Hall–Kier alpha value is -3.51. The van der Waals surface area contributed by atoms with Crippen LogP contribution in [0.4, 0.5) is 11.4 Å². The van der Waals surface area contributed by atoms with Crippen molar-refractivity contribution < 1.29 is 19.4 Å². The SMILES string of the molecule is CCC(Oc1ccc(C(C)(C)CC)cc1C(C)(C)CC)C(=O)Nc1cc(Cl)c(NC(=O)c2ccccc2)cc1O. The molecule has 3 N–H and O–H groups in total. The highest BCUT2D eigenvalue weighted by atomic mass is 35.5. The van der Waals surface area contributed by atoms with Crippen molar-refractivity contribution in [2.24, 2.45) is 0 Å². The van der Waals surface area contributed by atoms with Crippen molar-refractivity contribution in [2.75, 3.05) is 10.6 Å². The fourth-order valence-electron chi connectivity index (χ4n) is 4.21. The normalized spacial score (nSPS) is 12.5. The van der Waals surface area contributed by atoms with Crippen LogP contribution in [-0.2, 0) is 15.6 Å². The van der Waals surface area contributed by atoms with Gasteiger partial charge in [0.2, 0.25) is 0 Å². The Morgan fingerprint density at radius 2 is 1.52 bits per heavy atom. The van der Waals surface area contributed by atoms with Gasteiger partial charge in [0.1, 0.15) is 11.5 Å². The van der Waals surface area contributed by atoms with Crippen LogP contribution in [0.15, 0.2) is 60.7 Å². The van der Waals surface area contributed by atoms with Gasteiger partial charge in [0.25, 0.3) is 11.8 Å².